The molecular formula is C20H24FNO5S. The molecule has 0 saturated heterocycles. The molecule has 0 fully saturated rings. The summed E-state index contributed by atoms with van der Waals surface area (Å²) < 4.78 is 49.7. The fourth-order valence-electron chi connectivity index (χ4n) is 2.26. The Morgan fingerprint density at radius 2 is 1.79 bits per heavy atom. The summed E-state index contributed by atoms with van der Waals surface area (Å²) >= 11 is 0. The molecule has 0 aliphatic carbocycles. The number of sulfonamides is 1. The number of nitrogens with zero attached hydrogens (tertiary/aromatic N) is 1. The van der Waals surface area contributed by atoms with Gasteiger partial charge in [0.15, 0.2) is 0 Å². The zero-order chi connectivity index (χ0) is 20.7. The van der Waals surface area contributed by atoms with E-state index in [0.29, 0.717) is 18.8 Å². The number of benzene rings is 2. The zero-order valence-electron chi connectivity index (χ0n) is 16.1. The van der Waals surface area contributed by atoms with Crippen LogP contribution in [0, 0.1) is 5.82 Å². The maximum absolute atomic E-state index is 12.8. The first kappa shape index (κ1) is 21.8. The monoisotopic (exact) mass is 409 g/mol. The standard InChI is InChI=1S/C20H24FNO5S/c1-15(2)22(3)28(24,25)19-7-4-6-16(14-19)20(23)27-13-5-12-26-18-10-8-17(21)9-11-18/h4,6-11,14-15H,5,12-13H2,1-3H3. The van der Waals surface area contributed by atoms with Crippen LogP contribution in [0.25, 0.3) is 0 Å². The van der Waals surface area contributed by atoms with Gasteiger partial charge < -0.3 is 9.47 Å². The number of hydrogen-bond acceptors (Lipinski definition) is 5. The van der Waals surface area contributed by atoms with Crippen LogP contribution in [0.1, 0.15) is 30.6 Å². The minimum atomic E-state index is -3.68. The topological polar surface area (TPSA) is 72.9 Å². The summed E-state index contributed by atoms with van der Waals surface area (Å²) in [5.74, 6) is -0.420. The van der Waals surface area contributed by atoms with Crippen molar-refractivity contribution >= 4 is 16.0 Å². The highest BCUT2D eigenvalue weighted by Gasteiger charge is 2.24. The number of carbonyl (C=O) groups is 1. The smallest absolute Gasteiger partial charge is 0.338 e. The maximum Gasteiger partial charge on any atom is 0.338 e. The molecule has 2 rings (SSSR count). The summed E-state index contributed by atoms with van der Waals surface area (Å²) in [5.41, 5.74) is 0.165. The summed E-state index contributed by atoms with van der Waals surface area (Å²) in [4.78, 5) is 12.2. The van der Waals surface area contributed by atoms with Gasteiger partial charge in [-0.15, -0.1) is 0 Å². The van der Waals surface area contributed by atoms with E-state index >= 15 is 0 Å². The van der Waals surface area contributed by atoms with Gasteiger partial charge in [0.25, 0.3) is 0 Å². The first-order valence-corrected chi connectivity index (χ1v) is 10.3. The molecule has 0 heterocycles. The molecule has 0 unspecified atom stereocenters. The van der Waals surface area contributed by atoms with Crippen molar-refractivity contribution in [3.05, 3.63) is 59.9 Å². The molecule has 28 heavy (non-hydrogen) atoms. The fraction of sp³-hybridized carbons (Fsp3) is 0.350. The van der Waals surface area contributed by atoms with Gasteiger partial charge in [0, 0.05) is 19.5 Å². The molecule has 8 heteroatoms. The minimum Gasteiger partial charge on any atom is -0.493 e. The predicted molar refractivity (Wildman–Crippen MR) is 103 cm³/mol. The number of ether oxygens (including phenoxy) is 2. The quantitative estimate of drug-likeness (QED) is 0.468. The van der Waals surface area contributed by atoms with E-state index in [4.69, 9.17) is 9.47 Å². The van der Waals surface area contributed by atoms with Crippen LogP contribution in [0.15, 0.2) is 53.4 Å². The Bertz CT molecular complexity index is 897. The summed E-state index contributed by atoms with van der Waals surface area (Å²) in [6, 6.07) is 11.2. The predicted octanol–water partition coefficient (Wildman–Crippen LogP) is 3.48. The van der Waals surface area contributed by atoms with Crippen LogP contribution in [0.4, 0.5) is 4.39 Å². The van der Waals surface area contributed by atoms with Crippen molar-refractivity contribution in [3.8, 4) is 5.75 Å². The zero-order valence-corrected chi connectivity index (χ0v) is 16.9. The summed E-state index contributed by atoms with van der Waals surface area (Å²) in [5, 5.41) is 0. The second-order valence-electron chi connectivity index (χ2n) is 6.43. The van der Waals surface area contributed by atoms with Gasteiger partial charge in [0.1, 0.15) is 11.6 Å². The SMILES string of the molecule is CC(C)N(C)S(=O)(=O)c1cccc(C(=O)OCCCOc2ccc(F)cc2)c1. The van der Waals surface area contributed by atoms with Crippen molar-refractivity contribution in [2.45, 2.75) is 31.2 Å². The molecule has 0 bridgehead atoms. The Hall–Kier alpha value is -2.45. The van der Waals surface area contributed by atoms with Gasteiger partial charge in [-0.25, -0.2) is 17.6 Å². The van der Waals surface area contributed by atoms with Gasteiger partial charge in [0.05, 0.1) is 23.7 Å². The Kier molecular flexibility index (Phi) is 7.53. The highest BCUT2D eigenvalue weighted by Crippen LogP contribution is 2.18. The van der Waals surface area contributed by atoms with Gasteiger partial charge in [-0.05, 0) is 56.3 Å². The molecule has 152 valence electrons. The molecule has 0 spiro atoms. The third-order valence-corrected chi connectivity index (χ3v) is 6.11. The molecule has 2 aromatic carbocycles. The van der Waals surface area contributed by atoms with E-state index < -0.39 is 16.0 Å². The highest BCUT2D eigenvalue weighted by molar-refractivity contribution is 7.89. The lowest BCUT2D eigenvalue weighted by atomic mass is 10.2. The normalized spacial score (nSPS) is 11.6. The number of hydrogen-bond donors (Lipinski definition) is 0. The Morgan fingerprint density at radius 1 is 1.11 bits per heavy atom. The number of rotatable bonds is 9. The average Bonchev–Trinajstić information content (AvgIpc) is 2.68. The first-order chi connectivity index (χ1) is 13.2. The van der Waals surface area contributed by atoms with Crippen LogP contribution >= 0.6 is 0 Å². The molecule has 2 aromatic rings. The third kappa shape index (κ3) is 5.77. The lowest BCUT2D eigenvalue weighted by molar-refractivity contribution is 0.0485. The van der Waals surface area contributed by atoms with Crippen molar-refractivity contribution in [2.75, 3.05) is 20.3 Å². The van der Waals surface area contributed by atoms with E-state index in [1.54, 1.807) is 13.8 Å². The molecule has 0 aromatic heterocycles. The second-order valence-corrected chi connectivity index (χ2v) is 8.43. The second kappa shape index (κ2) is 9.66. The van der Waals surface area contributed by atoms with Crippen molar-refractivity contribution in [2.24, 2.45) is 0 Å². The summed E-state index contributed by atoms with van der Waals surface area (Å²) in [7, 11) is -2.19. The van der Waals surface area contributed by atoms with Crippen molar-refractivity contribution in [1.29, 1.82) is 0 Å². The molecule has 0 atom stereocenters. The van der Waals surface area contributed by atoms with E-state index in [2.05, 4.69) is 0 Å². The molecule has 6 nitrogen and oxygen atoms in total. The summed E-state index contributed by atoms with van der Waals surface area (Å²) in [6.45, 7) is 3.95. The number of halogens is 1. The summed E-state index contributed by atoms with van der Waals surface area (Å²) in [6.07, 6.45) is 0.442. The van der Waals surface area contributed by atoms with E-state index in [-0.39, 0.29) is 28.9 Å². The third-order valence-electron chi connectivity index (χ3n) is 4.08. The molecular weight excluding hydrogens is 385 g/mol. The van der Waals surface area contributed by atoms with E-state index in [1.165, 1.54) is 59.9 Å². The first-order valence-electron chi connectivity index (χ1n) is 8.85. The van der Waals surface area contributed by atoms with E-state index in [0.717, 1.165) is 0 Å². The van der Waals surface area contributed by atoms with Crippen molar-refractivity contribution < 1.29 is 27.1 Å². The average molecular weight is 409 g/mol. The molecule has 0 aliphatic heterocycles. The molecule has 0 amide bonds. The Morgan fingerprint density at radius 3 is 2.43 bits per heavy atom. The van der Waals surface area contributed by atoms with Crippen molar-refractivity contribution in [1.82, 2.24) is 4.31 Å². The Balaban J connectivity index is 1.88. The van der Waals surface area contributed by atoms with Gasteiger partial charge in [-0.3, -0.25) is 0 Å². The van der Waals surface area contributed by atoms with Crippen LogP contribution in [-0.4, -0.2) is 45.0 Å². The highest BCUT2D eigenvalue weighted by atomic mass is 32.2. The van der Waals surface area contributed by atoms with Gasteiger partial charge in [0.2, 0.25) is 10.0 Å². The Labute approximate surface area is 164 Å². The molecule has 0 radical (unpaired) electrons. The lowest BCUT2D eigenvalue weighted by Gasteiger charge is -2.21. The minimum absolute atomic E-state index is 0.0396. The van der Waals surface area contributed by atoms with Crippen LogP contribution in [0.5, 0.6) is 5.75 Å². The van der Waals surface area contributed by atoms with Crippen LogP contribution in [-0.2, 0) is 14.8 Å². The van der Waals surface area contributed by atoms with E-state index in [9.17, 15) is 17.6 Å². The van der Waals surface area contributed by atoms with Crippen LogP contribution < -0.4 is 4.74 Å². The fourth-order valence-corrected chi connectivity index (χ4v) is 3.67. The van der Waals surface area contributed by atoms with Crippen LogP contribution in [0.2, 0.25) is 0 Å². The lowest BCUT2D eigenvalue weighted by Crippen LogP contribution is -2.33. The largest absolute Gasteiger partial charge is 0.493 e. The van der Waals surface area contributed by atoms with Gasteiger partial charge in [-0.1, -0.05) is 6.07 Å². The van der Waals surface area contributed by atoms with Crippen LogP contribution in [0.3, 0.4) is 0 Å². The van der Waals surface area contributed by atoms with Gasteiger partial charge in [-0.2, -0.15) is 4.31 Å². The number of esters is 1. The number of carbonyl (C=O) groups excluding carboxylic acids is 1. The molecule has 0 N–H and O–H groups in total. The van der Waals surface area contributed by atoms with Crippen molar-refractivity contribution in [3.63, 3.8) is 0 Å². The molecule has 0 saturated carbocycles. The molecule has 0 aliphatic rings. The van der Waals surface area contributed by atoms with E-state index in [1.807, 2.05) is 0 Å². The van der Waals surface area contributed by atoms with Gasteiger partial charge >= 0.3 is 5.97 Å². The maximum atomic E-state index is 12.8.